The first kappa shape index (κ1) is 29.4. The number of nitrogens with one attached hydrogen (secondary N) is 3. The molecule has 0 radical (unpaired) electrons. The van der Waals surface area contributed by atoms with Gasteiger partial charge in [-0.1, -0.05) is 30.3 Å². The van der Waals surface area contributed by atoms with Crippen LogP contribution in [0.2, 0.25) is 0 Å². The molecule has 4 amide bonds. The maximum atomic E-state index is 13.5. The average Bonchev–Trinajstić information content (AvgIpc) is 3.63. The minimum atomic E-state index is -1.33. The lowest BCUT2D eigenvalue weighted by atomic mass is 9.95. The molecule has 1 heterocycles. The topological polar surface area (TPSA) is 227 Å². The zero-order valence-electron chi connectivity index (χ0n) is 21.9. The van der Waals surface area contributed by atoms with Crippen LogP contribution in [0.3, 0.4) is 0 Å². The molecule has 2 aliphatic rings. The van der Waals surface area contributed by atoms with Crippen molar-refractivity contribution in [2.45, 2.75) is 50.0 Å². The summed E-state index contributed by atoms with van der Waals surface area (Å²) in [5, 5.41) is 37.6. The first-order valence-electron chi connectivity index (χ1n) is 13.1. The molecule has 1 aliphatic heterocycles. The largest absolute Gasteiger partial charge is 0.502 e. The highest BCUT2D eigenvalue weighted by Crippen LogP contribution is 2.30. The van der Waals surface area contributed by atoms with Crippen LogP contribution in [-0.2, 0) is 43.2 Å². The predicted molar refractivity (Wildman–Crippen MR) is 142 cm³/mol. The number of aromatic hydroxyl groups is 1. The Labute approximate surface area is 234 Å². The van der Waals surface area contributed by atoms with Crippen molar-refractivity contribution in [2.24, 2.45) is 11.7 Å². The van der Waals surface area contributed by atoms with Gasteiger partial charge in [-0.15, -0.1) is 0 Å². The van der Waals surface area contributed by atoms with Gasteiger partial charge in [0.25, 0.3) is 11.8 Å². The number of rotatable bonds is 13. The summed E-state index contributed by atoms with van der Waals surface area (Å²) in [6.45, 7) is 0.0644. The van der Waals surface area contributed by atoms with Crippen LogP contribution in [0.1, 0.15) is 23.1 Å². The number of nitro groups is 1. The minimum absolute atomic E-state index is 0.124. The molecule has 0 bridgehead atoms. The Morgan fingerprint density at radius 3 is 2.32 bits per heavy atom. The molecule has 2 aromatic rings. The first-order valence-corrected chi connectivity index (χ1v) is 13.1. The van der Waals surface area contributed by atoms with Gasteiger partial charge < -0.3 is 36.6 Å². The number of benzene rings is 2. The second kappa shape index (κ2) is 12.7. The summed E-state index contributed by atoms with van der Waals surface area (Å²) < 4.78 is 5.19. The van der Waals surface area contributed by atoms with Gasteiger partial charge >= 0.3 is 5.69 Å². The number of nitro benzene ring substituents is 1. The lowest BCUT2D eigenvalue weighted by molar-refractivity contribution is -0.385. The molecule has 2 aromatic carbocycles. The second-order valence-corrected chi connectivity index (χ2v) is 10.0. The number of phenols is 1. The van der Waals surface area contributed by atoms with Gasteiger partial charge in [0, 0.05) is 25.6 Å². The lowest BCUT2D eigenvalue weighted by Crippen LogP contribution is -2.56. The van der Waals surface area contributed by atoms with Crippen molar-refractivity contribution in [3.63, 3.8) is 0 Å². The van der Waals surface area contributed by atoms with Crippen molar-refractivity contribution in [1.29, 1.82) is 0 Å². The molecule has 1 saturated heterocycles. The summed E-state index contributed by atoms with van der Waals surface area (Å²) in [5.41, 5.74) is 7.39. The quantitative estimate of drug-likeness (QED) is 0.0750. The van der Waals surface area contributed by atoms with Crippen molar-refractivity contribution >= 4 is 29.3 Å². The number of aliphatic hydroxyl groups excluding tert-OH is 1. The number of primary amides is 1. The van der Waals surface area contributed by atoms with Crippen LogP contribution in [0, 0.1) is 16.0 Å². The Morgan fingerprint density at radius 1 is 1.05 bits per heavy atom. The van der Waals surface area contributed by atoms with Gasteiger partial charge in [0.1, 0.15) is 12.1 Å². The van der Waals surface area contributed by atoms with E-state index in [1.165, 1.54) is 6.07 Å². The standard InChI is InChI=1S/C27H31N5O9/c28-24(35)21(17-12-15-4-1-2-5-16(15)13-17)31-25(36)18(10-14-6-7-20(34)19(11-14)32(39)40)30-27(38)23-22(41-23)26(37)29-8-3-9-33/h1-2,4-7,11,17-18,21-23,33-34H,3,8-10,12-13H2,(H2,28,35)(H,29,37)(H,30,38)(H,31,36)/t18-,21-,22?,23?/m1/s1. The van der Waals surface area contributed by atoms with E-state index in [2.05, 4.69) is 16.0 Å². The third kappa shape index (κ3) is 7.15. The molecule has 218 valence electrons. The molecule has 0 saturated carbocycles. The van der Waals surface area contributed by atoms with Crippen LogP contribution < -0.4 is 21.7 Å². The van der Waals surface area contributed by atoms with Gasteiger partial charge in [-0.25, -0.2) is 0 Å². The number of carbonyl (C=O) groups excluding carboxylic acids is 4. The average molecular weight is 570 g/mol. The highest BCUT2D eigenvalue weighted by molar-refractivity contribution is 5.97. The van der Waals surface area contributed by atoms with Crippen LogP contribution >= 0.6 is 0 Å². The summed E-state index contributed by atoms with van der Waals surface area (Å²) in [4.78, 5) is 61.5. The fourth-order valence-corrected chi connectivity index (χ4v) is 4.95. The Hall–Kier alpha value is -4.56. The predicted octanol–water partition coefficient (Wildman–Crippen LogP) is -1.02. The van der Waals surface area contributed by atoms with Gasteiger partial charge in [-0.3, -0.25) is 29.3 Å². The molecule has 0 aromatic heterocycles. The zero-order valence-corrected chi connectivity index (χ0v) is 21.9. The number of fused-ring (bicyclic) bond motifs is 1. The van der Waals surface area contributed by atoms with E-state index >= 15 is 0 Å². The third-order valence-corrected chi connectivity index (χ3v) is 7.11. The molecule has 0 spiro atoms. The number of hydrogen-bond acceptors (Lipinski definition) is 9. The summed E-state index contributed by atoms with van der Waals surface area (Å²) >= 11 is 0. The maximum Gasteiger partial charge on any atom is 0.310 e. The minimum Gasteiger partial charge on any atom is -0.502 e. The Morgan fingerprint density at radius 2 is 1.71 bits per heavy atom. The van der Waals surface area contributed by atoms with E-state index in [9.17, 15) is 34.4 Å². The highest BCUT2D eigenvalue weighted by Gasteiger charge is 2.51. The molecule has 14 nitrogen and oxygen atoms in total. The summed E-state index contributed by atoms with van der Waals surface area (Å²) in [6.07, 6.45) is -1.16. The molecule has 4 rings (SSSR count). The molecular formula is C27H31N5O9. The summed E-state index contributed by atoms with van der Waals surface area (Å²) in [6, 6.07) is 8.76. The Bertz CT molecular complexity index is 1330. The van der Waals surface area contributed by atoms with Crippen molar-refractivity contribution < 1.29 is 39.1 Å². The van der Waals surface area contributed by atoms with Crippen molar-refractivity contribution in [1.82, 2.24) is 16.0 Å². The maximum absolute atomic E-state index is 13.5. The zero-order chi connectivity index (χ0) is 29.7. The fraction of sp³-hybridized carbons (Fsp3) is 0.407. The van der Waals surface area contributed by atoms with Gasteiger partial charge in [0.2, 0.25) is 11.8 Å². The smallest absolute Gasteiger partial charge is 0.310 e. The van der Waals surface area contributed by atoms with Crippen molar-refractivity contribution in [3.05, 3.63) is 69.3 Å². The van der Waals surface area contributed by atoms with E-state index in [-0.39, 0.29) is 31.1 Å². The molecular weight excluding hydrogens is 538 g/mol. The molecule has 2 unspecified atom stereocenters. The third-order valence-electron chi connectivity index (χ3n) is 7.11. The first-order chi connectivity index (χ1) is 19.6. The Balaban J connectivity index is 1.50. The monoisotopic (exact) mass is 569 g/mol. The van der Waals surface area contributed by atoms with Crippen LogP contribution in [0.5, 0.6) is 5.75 Å². The Kier molecular flexibility index (Phi) is 9.14. The summed E-state index contributed by atoms with van der Waals surface area (Å²) in [5.74, 6) is -3.74. The van der Waals surface area contributed by atoms with Gasteiger partial charge in [0.15, 0.2) is 18.0 Å². The lowest BCUT2D eigenvalue weighted by Gasteiger charge is -2.25. The van der Waals surface area contributed by atoms with Crippen LogP contribution in [0.4, 0.5) is 5.69 Å². The number of amides is 4. The molecule has 4 atom stereocenters. The number of aliphatic hydroxyl groups is 1. The molecule has 7 N–H and O–H groups in total. The van der Waals surface area contributed by atoms with Gasteiger partial charge in [0.05, 0.1) is 4.92 Å². The van der Waals surface area contributed by atoms with E-state index in [1.54, 1.807) is 0 Å². The highest BCUT2D eigenvalue weighted by atomic mass is 16.6. The van der Waals surface area contributed by atoms with E-state index in [4.69, 9.17) is 15.6 Å². The van der Waals surface area contributed by atoms with Crippen LogP contribution in [0.25, 0.3) is 0 Å². The molecule has 14 heteroatoms. The molecule has 1 aliphatic carbocycles. The normalized spacial score (nSPS) is 19.0. The second-order valence-electron chi connectivity index (χ2n) is 10.0. The molecule has 1 fully saturated rings. The number of hydrogen-bond donors (Lipinski definition) is 6. The van der Waals surface area contributed by atoms with E-state index < -0.39 is 64.3 Å². The number of nitrogens with two attached hydrogens (primary N) is 1. The fourth-order valence-electron chi connectivity index (χ4n) is 4.95. The van der Waals surface area contributed by atoms with Crippen LogP contribution in [0.15, 0.2) is 42.5 Å². The number of phenolic OH excluding ortho intramolecular Hbond substituents is 1. The van der Waals surface area contributed by atoms with Crippen molar-refractivity contribution in [2.75, 3.05) is 13.2 Å². The van der Waals surface area contributed by atoms with Gasteiger partial charge in [-0.2, -0.15) is 0 Å². The van der Waals surface area contributed by atoms with E-state index in [1.807, 2.05) is 24.3 Å². The SMILES string of the molecule is NC(=O)[C@H](NC(=O)[C@@H](Cc1ccc(O)c([N+](=O)[O-])c1)NC(=O)C1OC1C(=O)NCCCO)C1Cc2ccccc2C1. The number of ether oxygens (including phenoxy) is 1. The van der Waals surface area contributed by atoms with E-state index in [0.717, 1.165) is 23.3 Å². The van der Waals surface area contributed by atoms with Crippen LogP contribution in [-0.4, -0.2) is 76.2 Å². The molecule has 41 heavy (non-hydrogen) atoms. The van der Waals surface area contributed by atoms with E-state index in [0.29, 0.717) is 19.3 Å². The van der Waals surface area contributed by atoms with Crippen molar-refractivity contribution in [3.8, 4) is 5.75 Å². The number of nitrogens with zero attached hydrogens (tertiary/aromatic N) is 1. The number of carbonyl (C=O) groups is 4. The number of epoxide rings is 1. The summed E-state index contributed by atoms with van der Waals surface area (Å²) in [7, 11) is 0. The van der Waals surface area contributed by atoms with Gasteiger partial charge in [-0.05, 0) is 47.9 Å².